The fourth-order valence-electron chi connectivity index (χ4n) is 4.86. The monoisotopic (exact) mass is 446 g/mol. The first-order valence-corrected chi connectivity index (χ1v) is 11.3. The molecule has 1 N–H and O–H groups in total. The molecule has 0 unspecified atom stereocenters. The van der Waals surface area contributed by atoms with E-state index in [2.05, 4.69) is 15.3 Å². The number of imidazole rings is 1. The molecule has 33 heavy (non-hydrogen) atoms. The molecule has 1 aromatic carbocycles. The van der Waals surface area contributed by atoms with Crippen LogP contribution >= 0.6 is 0 Å². The van der Waals surface area contributed by atoms with Gasteiger partial charge in [0.25, 0.3) is 17.4 Å². The Balaban J connectivity index is 1.26. The maximum absolute atomic E-state index is 12.9. The molecule has 2 aliphatic heterocycles. The molecule has 1 spiro atoms. The number of likely N-dealkylation sites (tertiary alicyclic amines) is 1. The topological polar surface area (TPSA) is 102 Å². The number of hydrogen-bond donors (Lipinski definition) is 1. The summed E-state index contributed by atoms with van der Waals surface area (Å²) in [6.07, 6.45) is 9.23. The largest absolute Gasteiger partial charge is 0.352 e. The van der Waals surface area contributed by atoms with Crippen LogP contribution in [0.4, 0.5) is 0 Å². The zero-order valence-corrected chi connectivity index (χ0v) is 18.3. The summed E-state index contributed by atoms with van der Waals surface area (Å²) in [6, 6.07) is 9.24. The number of hydrogen-bond acceptors (Lipinski definition) is 5. The fraction of sp³-hybridized carbons (Fsp3) is 0.375. The van der Waals surface area contributed by atoms with Crippen LogP contribution in [0.3, 0.4) is 0 Å². The number of aryl methyl sites for hydroxylation is 2. The predicted octanol–water partition coefficient (Wildman–Crippen LogP) is 1.45. The van der Waals surface area contributed by atoms with Gasteiger partial charge in [-0.05, 0) is 31.4 Å². The molecule has 3 aromatic rings. The molecule has 0 bridgehead atoms. The Morgan fingerprint density at radius 3 is 2.73 bits per heavy atom. The number of amides is 2. The van der Waals surface area contributed by atoms with E-state index in [9.17, 15) is 14.4 Å². The van der Waals surface area contributed by atoms with Crippen molar-refractivity contribution in [3.8, 4) is 0 Å². The third-order valence-corrected chi connectivity index (χ3v) is 6.64. The zero-order chi connectivity index (χ0) is 22.8. The number of rotatable bonds is 6. The predicted molar refractivity (Wildman–Crippen MR) is 121 cm³/mol. The molecule has 1 saturated heterocycles. The molecular formula is C24H26N6O3. The van der Waals surface area contributed by atoms with Gasteiger partial charge >= 0.3 is 0 Å². The first kappa shape index (κ1) is 21.1. The van der Waals surface area contributed by atoms with Crippen molar-refractivity contribution in [1.29, 1.82) is 0 Å². The maximum Gasteiger partial charge on any atom is 0.285 e. The molecule has 9 nitrogen and oxygen atoms in total. The van der Waals surface area contributed by atoms with Crippen LogP contribution in [0.1, 0.15) is 45.8 Å². The molecule has 0 saturated carbocycles. The van der Waals surface area contributed by atoms with Gasteiger partial charge in [-0.3, -0.25) is 14.4 Å². The number of aromatic nitrogens is 4. The van der Waals surface area contributed by atoms with Crippen LogP contribution in [0.15, 0.2) is 60.0 Å². The molecular weight excluding hydrogens is 420 g/mol. The van der Waals surface area contributed by atoms with Gasteiger partial charge in [-0.25, -0.2) is 4.98 Å². The zero-order valence-electron chi connectivity index (χ0n) is 18.3. The van der Waals surface area contributed by atoms with E-state index in [1.54, 1.807) is 18.7 Å². The summed E-state index contributed by atoms with van der Waals surface area (Å²) in [5.41, 5.74) is -0.113. The van der Waals surface area contributed by atoms with Crippen molar-refractivity contribution in [3.05, 3.63) is 82.6 Å². The Labute approximate surface area is 191 Å². The van der Waals surface area contributed by atoms with Gasteiger partial charge in [0.15, 0.2) is 0 Å². The van der Waals surface area contributed by atoms with Gasteiger partial charge in [0.2, 0.25) is 0 Å². The summed E-state index contributed by atoms with van der Waals surface area (Å²) >= 11 is 0. The second-order valence-electron chi connectivity index (χ2n) is 8.76. The lowest BCUT2D eigenvalue weighted by molar-refractivity contribution is 0.0783. The Kier molecular flexibility index (Phi) is 5.53. The van der Waals surface area contributed by atoms with Gasteiger partial charge in [0, 0.05) is 62.3 Å². The van der Waals surface area contributed by atoms with Gasteiger partial charge in [-0.1, -0.05) is 18.2 Å². The molecule has 170 valence electrons. The van der Waals surface area contributed by atoms with E-state index in [1.165, 1.54) is 0 Å². The smallest absolute Gasteiger partial charge is 0.285 e. The summed E-state index contributed by atoms with van der Waals surface area (Å²) in [6.45, 7) is 3.04. The van der Waals surface area contributed by atoms with Crippen molar-refractivity contribution in [3.63, 3.8) is 0 Å². The summed E-state index contributed by atoms with van der Waals surface area (Å²) in [5, 5.41) is 2.82. The average Bonchev–Trinajstić information content (AvgIpc) is 3.58. The first-order valence-electron chi connectivity index (χ1n) is 11.3. The quantitative estimate of drug-likeness (QED) is 0.578. The average molecular weight is 447 g/mol. The van der Waals surface area contributed by atoms with E-state index in [0.717, 1.165) is 25.8 Å². The van der Waals surface area contributed by atoms with Gasteiger partial charge in [-0.2, -0.15) is 4.98 Å². The van der Waals surface area contributed by atoms with Gasteiger partial charge in [-0.15, -0.1) is 0 Å². The highest BCUT2D eigenvalue weighted by Gasteiger charge is 2.47. The van der Waals surface area contributed by atoms with Crippen molar-refractivity contribution in [2.45, 2.75) is 37.8 Å². The van der Waals surface area contributed by atoms with Crippen LogP contribution in [0, 0.1) is 0 Å². The second-order valence-corrected chi connectivity index (χ2v) is 8.76. The lowest BCUT2D eigenvalue weighted by Crippen LogP contribution is -2.36. The second kappa shape index (κ2) is 8.65. The minimum absolute atomic E-state index is 0.0000345. The van der Waals surface area contributed by atoms with E-state index in [4.69, 9.17) is 0 Å². The molecule has 2 aromatic heterocycles. The van der Waals surface area contributed by atoms with Crippen molar-refractivity contribution in [2.24, 2.45) is 0 Å². The molecule has 4 heterocycles. The van der Waals surface area contributed by atoms with Crippen LogP contribution < -0.4 is 10.9 Å². The Morgan fingerprint density at radius 1 is 1.12 bits per heavy atom. The SMILES string of the molecule is O=C(NCCCn1ccnc1)c1cn2c(nc1=O)[C@@]1(CCN(C(=O)c3ccccc3)C1)CC2. The highest BCUT2D eigenvalue weighted by atomic mass is 16.2. The van der Waals surface area contributed by atoms with E-state index < -0.39 is 11.5 Å². The van der Waals surface area contributed by atoms with Crippen molar-refractivity contribution >= 4 is 11.8 Å². The molecule has 1 atom stereocenters. The van der Waals surface area contributed by atoms with Crippen molar-refractivity contribution in [1.82, 2.24) is 29.3 Å². The molecule has 2 aliphatic rings. The Morgan fingerprint density at radius 2 is 1.94 bits per heavy atom. The van der Waals surface area contributed by atoms with Gasteiger partial charge in [0.05, 0.1) is 6.33 Å². The number of fused-ring (bicyclic) bond motifs is 2. The molecule has 1 fully saturated rings. The number of nitrogens with zero attached hydrogens (tertiary/aromatic N) is 5. The number of nitrogens with one attached hydrogen (secondary N) is 1. The molecule has 2 amide bonds. The molecule has 5 rings (SSSR count). The summed E-state index contributed by atoms with van der Waals surface area (Å²) in [7, 11) is 0. The van der Waals surface area contributed by atoms with Crippen LogP contribution in [0.25, 0.3) is 0 Å². The molecule has 0 radical (unpaired) electrons. The fourth-order valence-corrected chi connectivity index (χ4v) is 4.86. The minimum atomic E-state index is -0.512. The van der Waals surface area contributed by atoms with Crippen LogP contribution in [-0.4, -0.2) is 55.5 Å². The Bertz CT molecular complexity index is 1220. The van der Waals surface area contributed by atoms with E-state index in [0.29, 0.717) is 37.6 Å². The molecule has 0 aliphatic carbocycles. The third kappa shape index (κ3) is 4.06. The third-order valence-electron chi connectivity index (χ3n) is 6.64. The minimum Gasteiger partial charge on any atom is -0.352 e. The van der Waals surface area contributed by atoms with E-state index in [1.807, 2.05) is 50.6 Å². The first-order chi connectivity index (χ1) is 16.1. The lowest BCUT2D eigenvalue weighted by Gasteiger charge is -2.23. The highest BCUT2D eigenvalue weighted by molar-refractivity contribution is 5.94. The number of benzene rings is 1. The normalized spacial score (nSPS) is 19.1. The van der Waals surface area contributed by atoms with E-state index >= 15 is 0 Å². The molecule has 9 heteroatoms. The number of carbonyl (C=O) groups is 2. The standard InChI is InChI=1S/C24H26N6O3/c31-20(26-9-4-11-28-14-10-25-17-28)19-15-29-12-7-24(23(29)27-21(19)32)8-13-30(16-24)22(33)18-5-2-1-3-6-18/h1-3,5-6,10,14-15,17H,4,7-9,11-13,16H2,(H,26,31)/t24-/m1/s1. The van der Waals surface area contributed by atoms with Crippen molar-refractivity contribution < 1.29 is 9.59 Å². The van der Waals surface area contributed by atoms with Crippen LogP contribution in [0.5, 0.6) is 0 Å². The van der Waals surface area contributed by atoms with Crippen LogP contribution in [-0.2, 0) is 18.5 Å². The maximum atomic E-state index is 12.9. The van der Waals surface area contributed by atoms with Gasteiger partial charge < -0.3 is 19.4 Å². The lowest BCUT2D eigenvalue weighted by atomic mass is 9.85. The Hall–Kier alpha value is -3.75. The van der Waals surface area contributed by atoms with Crippen LogP contribution in [0.2, 0.25) is 0 Å². The summed E-state index contributed by atoms with van der Waals surface area (Å²) < 4.78 is 3.85. The van der Waals surface area contributed by atoms with E-state index in [-0.39, 0.29) is 16.9 Å². The van der Waals surface area contributed by atoms with Crippen molar-refractivity contribution in [2.75, 3.05) is 19.6 Å². The summed E-state index contributed by atoms with van der Waals surface area (Å²) in [5.74, 6) is 0.286. The summed E-state index contributed by atoms with van der Waals surface area (Å²) in [4.78, 5) is 48.4. The number of carbonyl (C=O) groups excluding carboxylic acids is 2. The highest BCUT2D eigenvalue weighted by Crippen LogP contribution is 2.41. The van der Waals surface area contributed by atoms with Gasteiger partial charge in [0.1, 0.15) is 11.4 Å².